The van der Waals surface area contributed by atoms with Crippen molar-refractivity contribution in [3.8, 4) is 0 Å². The molecule has 0 spiro atoms. The summed E-state index contributed by atoms with van der Waals surface area (Å²) >= 11 is 13.1. The molecule has 34 heavy (non-hydrogen) atoms. The highest BCUT2D eigenvalue weighted by Gasteiger charge is 2.21. The number of halogens is 2. The Morgan fingerprint density at radius 2 is 1.91 bits per heavy atom. The highest BCUT2D eigenvalue weighted by molar-refractivity contribution is 7.20. The van der Waals surface area contributed by atoms with E-state index in [2.05, 4.69) is 10.3 Å². The first-order valence-corrected chi connectivity index (χ1v) is 11.8. The summed E-state index contributed by atoms with van der Waals surface area (Å²) in [5.41, 5.74) is 1.51. The second-order valence-electron chi connectivity index (χ2n) is 7.46. The van der Waals surface area contributed by atoms with Crippen LogP contribution in [0.2, 0.25) is 10.0 Å². The number of nitrogens with one attached hydrogen (secondary N) is 1. The third-order valence-electron chi connectivity index (χ3n) is 5.09. The van der Waals surface area contributed by atoms with Gasteiger partial charge >= 0.3 is 5.97 Å². The average molecular weight is 516 g/mol. The van der Waals surface area contributed by atoms with Crippen molar-refractivity contribution in [1.82, 2.24) is 9.55 Å². The van der Waals surface area contributed by atoms with Crippen LogP contribution in [0.3, 0.4) is 0 Å². The van der Waals surface area contributed by atoms with Gasteiger partial charge in [-0.2, -0.15) is 0 Å². The molecule has 7 nitrogen and oxygen atoms in total. The summed E-state index contributed by atoms with van der Waals surface area (Å²) in [6.45, 7) is 1.63. The molecular weight excluding hydrogens is 497 g/mol. The third kappa shape index (κ3) is 5.30. The van der Waals surface area contributed by atoms with Crippen LogP contribution in [0, 0.1) is 6.92 Å². The molecule has 0 unspecified atom stereocenters. The number of anilines is 1. The number of hydrogen-bond donors (Lipinski definition) is 1. The Balaban J connectivity index is 1.48. The number of carbonyl (C=O) groups is 2. The number of ether oxygens (including phenoxy) is 1. The number of benzene rings is 2. The summed E-state index contributed by atoms with van der Waals surface area (Å²) in [6.07, 6.45) is 1.88. The summed E-state index contributed by atoms with van der Waals surface area (Å²) < 4.78 is 6.60. The van der Waals surface area contributed by atoms with Gasteiger partial charge in [-0.05, 0) is 36.2 Å². The van der Waals surface area contributed by atoms with E-state index in [1.807, 2.05) is 30.3 Å². The minimum atomic E-state index is -0.502. The zero-order valence-electron chi connectivity index (χ0n) is 18.0. The lowest BCUT2D eigenvalue weighted by Gasteiger charge is -2.09. The molecule has 0 fully saturated rings. The first kappa shape index (κ1) is 23.9. The number of carbonyl (C=O) groups excluding carboxylic acids is 2. The lowest BCUT2D eigenvalue weighted by Crippen LogP contribution is -2.28. The number of hydrogen-bond acceptors (Lipinski definition) is 6. The molecule has 4 rings (SSSR count). The predicted molar refractivity (Wildman–Crippen MR) is 134 cm³/mol. The van der Waals surface area contributed by atoms with Crippen molar-refractivity contribution in [2.24, 2.45) is 0 Å². The molecule has 4 aromatic rings. The molecule has 0 aliphatic heterocycles. The number of amides is 1. The van der Waals surface area contributed by atoms with Gasteiger partial charge in [0.15, 0.2) is 0 Å². The Morgan fingerprint density at radius 3 is 2.65 bits per heavy atom. The summed E-state index contributed by atoms with van der Waals surface area (Å²) in [5, 5.41) is 3.66. The predicted octanol–water partition coefficient (Wildman–Crippen LogP) is 5.11. The quantitative estimate of drug-likeness (QED) is 0.345. The van der Waals surface area contributed by atoms with E-state index < -0.39 is 17.4 Å². The van der Waals surface area contributed by atoms with Gasteiger partial charge in [0.25, 0.3) is 5.56 Å². The van der Waals surface area contributed by atoms with E-state index in [9.17, 15) is 14.4 Å². The Bertz CT molecular complexity index is 1430. The maximum atomic E-state index is 13.0. The number of fused-ring (bicyclic) bond motifs is 1. The number of thiophene rings is 1. The van der Waals surface area contributed by atoms with Gasteiger partial charge in [0.1, 0.15) is 16.3 Å². The van der Waals surface area contributed by atoms with E-state index in [-0.39, 0.29) is 18.2 Å². The summed E-state index contributed by atoms with van der Waals surface area (Å²) in [7, 11) is 0. The van der Waals surface area contributed by atoms with Crippen LogP contribution in [0.25, 0.3) is 10.2 Å². The Morgan fingerprint density at radius 1 is 1.15 bits per heavy atom. The van der Waals surface area contributed by atoms with Crippen LogP contribution in [0.15, 0.2) is 59.7 Å². The zero-order valence-corrected chi connectivity index (χ0v) is 20.3. The first-order valence-electron chi connectivity index (χ1n) is 10.3. The molecular formula is C24H19Cl2N3O4S. The molecule has 0 radical (unpaired) electrons. The fraction of sp³-hybridized carbons (Fsp3) is 0.167. The van der Waals surface area contributed by atoms with Gasteiger partial charge in [0.05, 0.1) is 29.0 Å². The molecule has 2 heterocycles. The van der Waals surface area contributed by atoms with Crippen molar-refractivity contribution in [2.75, 3.05) is 11.9 Å². The monoisotopic (exact) mass is 515 g/mol. The lowest BCUT2D eigenvalue weighted by molar-refractivity contribution is -0.116. The van der Waals surface area contributed by atoms with Crippen molar-refractivity contribution in [1.29, 1.82) is 0 Å². The van der Waals surface area contributed by atoms with Crippen LogP contribution < -0.4 is 10.9 Å². The van der Waals surface area contributed by atoms with Crippen LogP contribution in [0.1, 0.15) is 20.8 Å². The highest BCUT2D eigenvalue weighted by Crippen LogP contribution is 2.28. The van der Waals surface area contributed by atoms with Crippen molar-refractivity contribution < 1.29 is 14.3 Å². The topological polar surface area (TPSA) is 90.3 Å². The van der Waals surface area contributed by atoms with Crippen LogP contribution in [0.5, 0.6) is 0 Å². The van der Waals surface area contributed by atoms with Gasteiger partial charge in [-0.25, -0.2) is 9.78 Å². The lowest BCUT2D eigenvalue weighted by atomic mass is 10.2. The van der Waals surface area contributed by atoms with E-state index in [1.54, 1.807) is 19.1 Å². The molecule has 0 atom stereocenters. The van der Waals surface area contributed by atoms with Crippen LogP contribution in [-0.4, -0.2) is 28.0 Å². The van der Waals surface area contributed by atoms with Crippen LogP contribution >= 0.6 is 34.5 Å². The van der Waals surface area contributed by atoms with E-state index in [0.717, 1.165) is 16.9 Å². The Kier molecular flexibility index (Phi) is 7.31. The standard InChI is InChI=1S/C24H19Cl2N3O4S/c1-14-20-22(34-21(14)24(32)33-10-9-15-5-3-2-4-6-15)27-13-29(23(20)31)12-19(30)28-18-8-7-16(25)11-17(18)26/h2-8,11,13H,9-10,12H2,1H3,(H,28,30). The summed E-state index contributed by atoms with van der Waals surface area (Å²) in [6, 6.07) is 14.4. The molecule has 0 aliphatic carbocycles. The average Bonchev–Trinajstić information content (AvgIpc) is 3.15. The molecule has 2 aromatic carbocycles. The largest absolute Gasteiger partial charge is 0.461 e. The summed E-state index contributed by atoms with van der Waals surface area (Å²) in [4.78, 5) is 43.1. The highest BCUT2D eigenvalue weighted by atomic mass is 35.5. The van der Waals surface area contributed by atoms with Gasteiger partial charge in [-0.3, -0.25) is 14.2 Å². The zero-order chi connectivity index (χ0) is 24.2. The van der Waals surface area contributed by atoms with Gasteiger partial charge in [0, 0.05) is 11.4 Å². The number of aryl methyl sites for hydroxylation is 1. The van der Waals surface area contributed by atoms with Gasteiger partial charge in [-0.1, -0.05) is 53.5 Å². The smallest absolute Gasteiger partial charge is 0.348 e. The molecule has 174 valence electrons. The molecule has 0 saturated heterocycles. The van der Waals surface area contributed by atoms with Gasteiger partial charge in [0.2, 0.25) is 5.91 Å². The van der Waals surface area contributed by atoms with E-state index in [4.69, 9.17) is 27.9 Å². The minimum absolute atomic E-state index is 0.224. The summed E-state index contributed by atoms with van der Waals surface area (Å²) in [5.74, 6) is -0.960. The van der Waals surface area contributed by atoms with Crippen LogP contribution in [0.4, 0.5) is 5.69 Å². The van der Waals surface area contributed by atoms with E-state index in [0.29, 0.717) is 37.8 Å². The van der Waals surface area contributed by atoms with Crippen molar-refractivity contribution in [2.45, 2.75) is 19.9 Å². The van der Waals surface area contributed by atoms with Gasteiger partial charge in [-0.15, -0.1) is 11.3 Å². The molecule has 0 aliphatic rings. The number of rotatable bonds is 7. The molecule has 2 aromatic heterocycles. The number of aromatic nitrogens is 2. The molecule has 0 saturated carbocycles. The maximum absolute atomic E-state index is 13.0. The van der Waals surface area contributed by atoms with Crippen molar-refractivity contribution in [3.63, 3.8) is 0 Å². The van der Waals surface area contributed by atoms with E-state index in [1.165, 1.54) is 17.0 Å². The fourth-order valence-electron chi connectivity index (χ4n) is 3.37. The third-order valence-corrected chi connectivity index (χ3v) is 6.82. The molecule has 0 bridgehead atoms. The second kappa shape index (κ2) is 10.4. The van der Waals surface area contributed by atoms with Crippen molar-refractivity contribution >= 4 is 62.3 Å². The van der Waals surface area contributed by atoms with Crippen molar-refractivity contribution in [3.05, 3.63) is 91.3 Å². The minimum Gasteiger partial charge on any atom is -0.461 e. The normalized spacial score (nSPS) is 10.9. The Hall–Kier alpha value is -3.20. The second-order valence-corrected chi connectivity index (χ2v) is 9.30. The van der Waals surface area contributed by atoms with Crippen LogP contribution in [-0.2, 0) is 22.5 Å². The molecule has 1 amide bonds. The molecule has 1 N–H and O–H groups in total. The Labute approximate surface area is 208 Å². The van der Waals surface area contributed by atoms with Gasteiger partial charge < -0.3 is 10.1 Å². The molecule has 10 heteroatoms. The first-order chi connectivity index (χ1) is 16.3. The number of esters is 1. The number of nitrogens with zero attached hydrogens (tertiary/aromatic N) is 2. The SMILES string of the molecule is Cc1c(C(=O)OCCc2ccccc2)sc2ncn(CC(=O)Nc3ccc(Cl)cc3Cl)c(=O)c12. The van der Waals surface area contributed by atoms with E-state index >= 15 is 0 Å². The maximum Gasteiger partial charge on any atom is 0.348 e. The fourth-order valence-corrected chi connectivity index (χ4v) is 4.86.